The highest BCUT2D eigenvalue weighted by Gasteiger charge is 2.28. The second kappa shape index (κ2) is 3.57. The van der Waals surface area contributed by atoms with E-state index in [0.29, 0.717) is 0 Å². The van der Waals surface area contributed by atoms with Crippen molar-refractivity contribution in [3.8, 4) is 0 Å². The van der Waals surface area contributed by atoms with Crippen molar-refractivity contribution in [2.45, 2.75) is 0 Å². The lowest BCUT2D eigenvalue weighted by Crippen LogP contribution is -1.89. The summed E-state index contributed by atoms with van der Waals surface area (Å²) in [5.74, 6) is 0. The molecule has 0 saturated heterocycles. The number of hydrogen-bond acceptors (Lipinski definition) is 4. The molecular formula is C3H8N2O3P+. The van der Waals surface area contributed by atoms with Gasteiger partial charge in [0.1, 0.15) is 4.98 Å². The fourth-order valence-electron chi connectivity index (χ4n) is 0.267. The molecule has 9 heavy (non-hydrogen) atoms. The van der Waals surface area contributed by atoms with Crippen molar-refractivity contribution in [2.75, 3.05) is 20.5 Å². The first kappa shape index (κ1) is 8.57. The number of rotatable bonds is 3. The Morgan fingerprint density at radius 2 is 2.00 bits per heavy atom. The van der Waals surface area contributed by atoms with Crippen LogP contribution in [0.5, 0.6) is 0 Å². The van der Waals surface area contributed by atoms with Crippen molar-refractivity contribution in [2.24, 2.45) is 0 Å². The van der Waals surface area contributed by atoms with Gasteiger partial charge in [0.05, 0.1) is 0 Å². The van der Waals surface area contributed by atoms with Crippen LogP contribution in [0.25, 0.3) is 4.98 Å². The normalized spacial score (nSPS) is 10.8. The van der Waals surface area contributed by atoms with Gasteiger partial charge >= 0.3 is 13.9 Å². The average Bonchev–Trinajstić information content (AvgIpc) is 1.89. The van der Waals surface area contributed by atoms with Gasteiger partial charge in [-0.1, -0.05) is 0 Å². The van der Waals surface area contributed by atoms with E-state index in [9.17, 15) is 4.57 Å². The Kier molecular flexibility index (Phi) is 3.40. The molecule has 0 spiro atoms. The van der Waals surface area contributed by atoms with Crippen LogP contribution in [0, 0.1) is 5.39 Å². The highest BCUT2D eigenvalue weighted by Crippen LogP contribution is 2.45. The van der Waals surface area contributed by atoms with E-state index < -0.39 is 7.60 Å². The summed E-state index contributed by atoms with van der Waals surface area (Å²) >= 11 is 0. The van der Waals surface area contributed by atoms with Gasteiger partial charge in [0.2, 0.25) is 5.39 Å². The molecule has 0 bridgehead atoms. The fourth-order valence-corrected chi connectivity index (χ4v) is 0.802. The van der Waals surface area contributed by atoms with E-state index in [2.05, 4.69) is 14.0 Å². The third-order valence-corrected chi connectivity index (χ3v) is 2.38. The molecule has 5 nitrogen and oxygen atoms in total. The van der Waals surface area contributed by atoms with Gasteiger partial charge in [-0.15, -0.1) is 0 Å². The highest BCUT2D eigenvalue weighted by atomic mass is 31.2. The molecule has 0 amide bonds. The van der Waals surface area contributed by atoms with E-state index in [-0.39, 0.29) is 6.29 Å². The Bertz CT molecular complexity index is 155. The molecule has 0 aliphatic heterocycles. The van der Waals surface area contributed by atoms with E-state index in [1.807, 2.05) is 0 Å². The van der Waals surface area contributed by atoms with E-state index >= 15 is 0 Å². The molecule has 0 aliphatic rings. The van der Waals surface area contributed by atoms with Crippen LogP contribution in [0.2, 0.25) is 0 Å². The molecule has 0 saturated carbocycles. The lowest BCUT2D eigenvalue weighted by Gasteiger charge is -2.02. The van der Waals surface area contributed by atoms with Crippen LogP contribution in [-0.2, 0) is 13.6 Å². The number of hydrogen-bond donors (Lipinski definition) is 0. The SMILES string of the molecule is COP(=O)(C[N+]#N)OC. The van der Waals surface area contributed by atoms with Crippen LogP contribution in [0.4, 0.5) is 0 Å². The van der Waals surface area contributed by atoms with Gasteiger partial charge in [-0.05, 0) is 0 Å². The molecular weight excluding hydrogens is 143 g/mol. The molecule has 0 aromatic carbocycles. The van der Waals surface area contributed by atoms with Crippen molar-refractivity contribution >= 4 is 7.60 Å². The molecule has 0 N–H and O–H groups in total. The molecule has 0 aliphatic carbocycles. The second-order valence-electron chi connectivity index (χ2n) is 1.26. The van der Waals surface area contributed by atoms with Crippen molar-refractivity contribution in [1.82, 2.24) is 0 Å². The highest BCUT2D eigenvalue weighted by molar-refractivity contribution is 7.53. The second-order valence-corrected chi connectivity index (χ2v) is 3.49. The van der Waals surface area contributed by atoms with Gasteiger partial charge in [0, 0.05) is 14.2 Å². The molecule has 0 heterocycles. The molecule has 0 aromatic heterocycles. The van der Waals surface area contributed by atoms with Crippen molar-refractivity contribution in [3.63, 3.8) is 0 Å². The Morgan fingerprint density at radius 3 is 2.11 bits per heavy atom. The Labute approximate surface area is 53.1 Å². The molecule has 6 heteroatoms. The minimum atomic E-state index is -3.10. The van der Waals surface area contributed by atoms with Gasteiger partial charge < -0.3 is 9.05 Å². The molecule has 0 rings (SSSR count). The Morgan fingerprint density at radius 1 is 1.56 bits per heavy atom. The van der Waals surface area contributed by atoms with E-state index in [1.165, 1.54) is 14.2 Å². The summed E-state index contributed by atoms with van der Waals surface area (Å²) in [7, 11) is -0.635. The first-order chi connectivity index (χ1) is 4.18. The van der Waals surface area contributed by atoms with Gasteiger partial charge in [-0.3, -0.25) is 4.57 Å². The Balaban J connectivity index is 3.98. The predicted octanol–water partition coefficient (Wildman–Crippen LogP) is 1.28. The minimum Gasteiger partial charge on any atom is -0.307 e. The van der Waals surface area contributed by atoms with Gasteiger partial charge in [0.15, 0.2) is 0 Å². The topological polar surface area (TPSA) is 63.7 Å². The maximum Gasteiger partial charge on any atom is 0.417 e. The predicted molar refractivity (Wildman–Crippen MR) is 31.6 cm³/mol. The molecule has 0 aromatic rings. The third kappa shape index (κ3) is 2.56. The van der Waals surface area contributed by atoms with Crippen LogP contribution in [0.3, 0.4) is 0 Å². The summed E-state index contributed by atoms with van der Waals surface area (Å²) in [4.78, 5) is 2.64. The summed E-state index contributed by atoms with van der Waals surface area (Å²) in [6.07, 6.45) is -0.319. The standard InChI is InChI=1S/C3H8N2O3P/c1-7-9(6,8-2)3-5-4/h3H2,1-2H3/q+1. The van der Waals surface area contributed by atoms with Crippen molar-refractivity contribution in [3.05, 3.63) is 4.98 Å². The van der Waals surface area contributed by atoms with Crippen LogP contribution >= 0.6 is 7.60 Å². The first-order valence-electron chi connectivity index (χ1n) is 2.20. The lowest BCUT2D eigenvalue weighted by atomic mass is 11.5. The van der Waals surface area contributed by atoms with Gasteiger partial charge in [0.25, 0.3) is 0 Å². The van der Waals surface area contributed by atoms with Crippen LogP contribution in [0.15, 0.2) is 0 Å². The summed E-state index contributed by atoms with van der Waals surface area (Å²) in [5.41, 5.74) is 0. The van der Waals surface area contributed by atoms with Crippen LogP contribution in [0.1, 0.15) is 0 Å². The van der Waals surface area contributed by atoms with E-state index in [4.69, 9.17) is 5.39 Å². The lowest BCUT2D eigenvalue weighted by molar-refractivity contribution is 0.278. The van der Waals surface area contributed by atoms with E-state index in [0.717, 1.165) is 0 Å². The van der Waals surface area contributed by atoms with Gasteiger partial charge in [-0.2, -0.15) is 0 Å². The minimum absolute atomic E-state index is 0.319. The molecule has 0 radical (unpaired) electrons. The zero-order valence-corrected chi connectivity index (χ0v) is 6.17. The van der Waals surface area contributed by atoms with Gasteiger partial charge in [-0.25, -0.2) is 0 Å². The van der Waals surface area contributed by atoms with Crippen molar-refractivity contribution < 1.29 is 13.6 Å². The van der Waals surface area contributed by atoms with Crippen molar-refractivity contribution in [1.29, 1.82) is 5.39 Å². The molecule has 0 fully saturated rings. The van der Waals surface area contributed by atoms with Crippen LogP contribution < -0.4 is 0 Å². The average molecular weight is 151 g/mol. The number of nitrogens with zero attached hydrogens (tertiary/aromatic N) is 2. The smallest absolute Gasteiger partial charge is 0.307 e. The summed E-state index contributed by atoms with van der Waals surface area (Å²) in [5, 5.41) is 7.96. The summed E-state index contributed by atoms with van der Waals surface area (Å²) in [6, 6.07) is 0. The monoisotopic (exact) mass is 151 g/mol. The largest absolute Gasteiger partial charge is 0.417 e. The summed E-state index contributed by atoms with van der Waals surface area (Å²) < 4.78 is 19.7. The van der Waals surface area contributed by atoms with Crippen LogP contribution in [-0.4, -0.2) is 20.5 Å². The van der Waals surface area contributed by atoms with E-state index in [1.54, 1.807) is 0 Å². The quantitative estimate of drug-likeness (QED) is 0.450. The zero-order chi connectivity index (χ0) is 7.33. The fraction of sp³-hybridized carbons (Fsp3) is 1.00. The maximum absolute atomic E-state index is 10.9. The summed E-state index contributed by atoms with van der Waals surface area (Å²) in [6.45, 7) is 0. The first-order valence-corrected chi connectivity index (χ1v) is 3.92. The maximum atomic E-state index is 10.9. The third-order valence-electron chi connectivity index (χ3n) is 0.793. The molecule has 0 unspecified atom stereocenters. The molecule has 52 valence electrons. The zero-order valence-electron chi connectivity index (χ0n) is 5.27. The number of diazo groups is 1. The Hall–Kier alpha value is -0.430. The molecule has 0 atom stereocenters.